The van der Waals surface area contributed by atoms with Crippen LogP contribution in [0.4, 0.5) is 0 Å². The Morgan fingerprint density at radius 3 is 2.44 bits per heavy atom. The zero-order chi connectivity index (χ0) is 25.0. The van der Waals surface area contributed by atoms with Crippen LogP contribution in [0.3, 0.4) is 0 Å². The number of aromatic nitrogens is 2. The third-order valence-electron chi connectivity index (χ3n) is 7.35. The predicted molar refractivity (Wildman–Crippen MR) is 137 cm³/mol. The zero-order valence-electron chi connectivity index (χ0n) is 20.4. The van der Waals surface area contributed by atoms with Gasteiger partial charge >= 0.3 is 0 Å². The molecule has 5 rings (SSSR count). The van der Waals surface area contributed by atoms with Crippen LogP contribution in [0.1, 0.15) is 48.5 Å². The maximum absolute atomic E-state index is 13.8. The van der Waals surface area contributed by atoms with Crippen LogP contribution < -0.4 is 5.32 Å². The van der Waals surface area contributed by atoms with Crippen LogP contribution in [-0.2, 0) is 10.2 Å². The van der Waals surface area contributed by atoms with Crippen molar-refractivity contribution in [2.75, 3.05) is 13.1 Å². The third-order valence-corrected chi connectivity index (χ3v) is 7.35. The van der Waals surface area contributed by atoms with E-state index in [2.05, 4.69) is 40.7 Å². The summed E-state index contributed by atoms with van der Waals surface area (Å²) in [5.41, 5.74) is 2.94. The highest BCUT2D eigenvalue weighted by Crippen LogP contribution is 2.37. The number of likely N-dealkylation sites (tertiary alicyclic amines) is 1. The molecular formula is C29H30N4O3. The number of carbonyl (C=O) groups excluding carboxylic acids is 2. The first-order valence-electron chi connectivity index (χ1n) is 12.4. The van der Waals surface area contributed by atoms with E-state index >= 15 is 0 Å². The summed E-state index contributed by atoms with van der Waals surface area (Å²) in [4.78, 5) is 28.9. The first-order valence-corrected chi connectivity index (χ1v) is 12.4. The molecule has 2 aliphatic rings. The summed E-state index contributed by atoms with van der Waals surface area (Å²) < 4.78 is 5.23. The van der Waals surface area contributed by atoms with Crippen molar-refractivity contribution in [2.24, 2.45) is 0 Å². The second-order valence-electron chi connectivity index (χ2n) is 9.47. The van der Waals surface area contributed by atoms with Crippen LogP contribution in [0.25, 0.3) is 11.5 Å². The summed E-state index contributed by atoms with van der Waals surface area (Å²) in [6.45, 7) is 3.07. The Balaban J connectivity index is 1.31. The fraction of sp³-hybridized carbons (Fsp3) is 0.310. The Morgan fingerprint density at radius 2 is 1.81 bits per heavy atom. The minimum atomic E-state index is -0.667. The van der Waals surface area contributed by atoms with Crippen LogP contribution in [-0.4, -0.2) is 46.0 Å². The molecule has 184 valence electrons. The highest BCUT2D eigenvalue weighted by Gasteiger charge is 2.44. The molecule has 7 heteroatoms. The van der Waals surface area contributed by atoms with Crippen molar-refractivity contribution in [1.29, 1.82) is 0 Å². The Morgan fingerprint density at radius 1 is 1.06 bits per heavy atom. The molecule has 3 aromatic rings. The molecule has 1 saturated heterocycles. The fourth-order valence-electron chi connectivity index (χ4n) is 5.14. The Hall–Kier alpha value is -4.00. The summed E-state index contributed by atoms with van der Waals surface area (Å²) in [7, 11) is 0. The molecule has 1 N–H and O–H groups in total. The average molecular weight is 483 g/mol. The monoisotopic (exact) mass is 482 g/mol. The molecule has 36 heavy (non-hydrogen) atoms. The normalized spacial score (nSPS) is 17.8. The summed E-state index contributed by atoms with van der Waals surface area (Å²) in [6, 6.07) is 17.1. The van der Waals surface area contributed by atoms with Crippen molar-refractivity contribution in [3.63, 3.8) is 0 Å². The summed E-state index contributed by atoms with van der Waals surface area (Å²) >= 11 is 0. The van der Waals surface area contributed by atoms with Crippen molar-refractivity contribution < 1.29 is 14.0 Å². The molecule has 1 atom stereocenters. The standard InChI is InChI=1S/C29H30N4O3/c1-21(22-8-4-2-5-9-22)31-28(35)29(25-10-6-3-7-11-25)16-18-33(19-17-29)27(34)24-14-12-23(13-15-24)26-32-30-20-36-26/h2-4,6-8,10-15,20-21H,5,9,16-19H2,1H3,(H,31,35)/t21-/m0/s1. The number of amides is 2. The van der Waals surface area contributed by atoms with E-state index in [4.69, 9.17) is 4.42 Å². The molecule has 0 spiro atoms. The molecule has 1 fully saturated rings. The smallest absolute Gasteiger partial charge is 0.253 e. The van der Waals surface area contributed by atoms with E-state index in [1.165, 1.54) is 12.0 Å². The van der Waals surface area contributed by atoms with Crippen LogP contribution >= 0.6 is 0 Å². The first kappa shape index (κ1) is 23.7. The van der Waals surface area contributed by atoms with E-state index in [0.29, 0.717) is 37.4 Å². The maximum Gasteiger partial charge on any atom is 0.253 e. The number of piperidine rings is 1. The van der Waals surface area contributed by atoms with Gasteiger partial charge in [-0.05, 0) is 68.0 Å². The van der Waals surface area contributed by atoms with Crippen molar-refractivity contribution in [3.05, 3.63) is 95.9 Å². The lowest BCUT2D eigenvalue weighted by atomic mass is 9.71. The van der Waals surface area contributed by atoms with Gasteiger partial charge in [-0.3, -0.25) is 9.59 Å². The van der Waals surface area contributed by atoms with E-state index in [9.17, 15) is 9.59 Å². The molecule has 7 nitrogen and oxygen atoms in total. The third kappa shape index (κ3) is 4.73. The average Bonchev–Trinajstić information content (AvgIpc) is 3.49. The van der Waals surface area contributed by atoms with Crippen LogP contribution in [0, 0.1) is 0 Å². The lowest BCUT2D eigenvalue weighted by molar-refractivity contribution is -0.129. The number of benzene rings is 2. The summed E-state index contributed by atoms with van der Waals surface area (Å²) in [6.07, 6.45) is 10.7. The van der Waals surface area contributed by atoms with Gasteiger partial charge in [0, 0.05) is 30.3 Å². The molecule has 1 aliphatic carbocycles. The van der Waals surface area contributed by atoms with Gasteiger partial charge in [0.05, 0.1) is 5.41 Å². The molecule has 0 radical (unpaired) electrons. The minimum absolute atomic E-state index is 0.0277. The van der Waals surface area contributed by atoms with Gasteiger partial charge < -0.3 is 14.6 Å². The van der Waals surface area contributed by atoms with Gasteiger partial charge in [-0.2, -0.15) is 0 Å². The van der Waals surface area contributed by atoms with Crippen molar-refractivity contribution >= 4 is 11.8 Å². The number of hydrogen-bond donors (Lipinski definition) is 1. The Kier molecular flexibility index (Phi) is 6.80. The summed E-state index contributed by atoms with van der Waals surface area (Å²) in [5.74, 6) is 0.411. The number of rotatable bonds is 6. The molecule has 1 aromatic heterocycles. The van der Waals surface area contributed by atoms with Gasteiger partial charge in [0.25, 0.3) is 5.91 Å². The second-order valence-corrected chi connectivity index (χ2v) is 9.47. The number of nitrogens with one attached hydrogen (secondary N) is 1. The van der Waals surface area contributed by atoms with Gasteiger partial charge in [-0.1, -0.05) is 48.6 Å². The van der Waals surface area contributed by atoms with Crippen LogP contribution in [0.2, 0.25) is 0 Å². The fourth-order valence-corrected chi connectivity index (χ4v) is 5.14. The maximum atomic E-state index is 13.8. The molecule has 1 aliphatic heterocycles. The first-order chi connectivity index (χ1) is 17.6. The quantitative estimate of drug-likeness (QED) is 0.551. The van der Waals surface area contributed by atoms with E-state index in [1.54, 1.807) is 12.1 Å². The highest BCUT2D eigenvalue weighted by molar-refractivity contribution is 5.95. The van der Waals surface area contributed by atoms with Crippen molar-refractivity contribution in [3.8, 4) is 11.5 Å². The van der Waals surface area contributed by atoms with Gasteiger partial charge in [0.2, 0.25) is 18.2 Å². The number of hydrogen-bond acceptors (Lipinski definition) is 5. The molecular weight excluding hydrogens is 452 g/mol. The molecule has 0 bridgehead atoms. The Labute approximate surface area is 210 Å². The lowest BCUT2D eigenvalue weighted by Crippen LogP contribution is -2.54. The highest BCUT2D eigenvalue weighted by atomic mass is 16.4. The van der Waals surface area contributed by atoms with Crippen LogP contribution in [0.15, 0.2) is 89.2 Å². The number of allylic oxidation sites excluding steroid dienone is 3. The second kappa shape index (κ2) is 10.3. The topological polar surface area (TPSA) is 88.3 Å². The van der Waals surface area contributed by atoms with Crippen molar-refractivity contribution in [2.45, 2.75) is 44.1 Å². The molecule has 0 unspecified atom stereocenters. The van der Waals surface area contributed by atoms with Crippen molar-refractivity contribution in [1.82, 2.24) is 20.4 Å². The Bertz CT molecular complexity index is 1260. The van der Waals surface area contributed by atoms with Gasteiger partial charge in [0.1, 0.15) is 0 Å². The molecule has 2 aromatic carbocycles. The van der Waals surface area contributed by atoms with Gasteiger partial charge in [0.15, 0.2) is 0 Å². The predicted octanol–water partition coefficient (Wildman–Crippen LogP) is 4.69. The van der Waals surface area contributed by atoms with Gasteiger partial charge in [-0.25, -0.2) is 0 Å². The number of nitrogens with zero attached hydrogens (tertiary/aromatic N) is 3. The largest absolute Gasteiger partial charge is 0.423 e. The molecule has 0 saturated carbocycles. The molecule has 2 amide bonds. The van der Waals surface area contributed by atoms with E-state index in [-0.39, 0.29) is 17.9 Å². The van der Waals surface area contributed by atoms with E-state index < -0.39 is 5.41 Å². The van der Waals surface area contributed by atoms with E-state index in [1.807, 2.05) is 47.4 Å². The molecule has 2 heterocycles. The number of carbonyl (C=O) groups is 2. The van der Waals surface area contributed by atoms with E-state index in [0.717, 1.165) is 24.0 Å². The zero-order valence-corrected chi connectivity index (χ0v) is 20.4. The van der Waals surface area contributed by atoms with Gasteiger partial charge in [-0.15, -0.1) is 10.2 Å². The lowest BCUT2D eigenvalue weighted by Gasteiger charge is -2.41. The SMILES string of the molecule is C[C@H](NC(=O)C1(c2ccccc2)CCN(C(=O)c2ccc(-c3nnco3)cc2)CC1)C1=CC=CCC1. The van der Waals surface area contributed by atoms with Crippen LogP contribution in [0.5, 0.6) is 0 Å². The minimum Gasteiger partial charge on any atom is -0.423 e. The summed E-state index contributed by atoms with van der Waals surface area (Å²) in [5, 5.41) is 10.9.